The number of aryl methyl sites for hydroxylation is 1. The van der Waals surface area contributed by atoms with Crippen LogP contribution in [0.5, 0.6) is 17.5 Å². The number of benzene rings is 1. The van der Waals surface area contributed by atoms with Crippen LogP contribution in [0.4, 0.5) is 14.7 Å². The van der Waals surface area contributed by atoms with E-state index in [9.17, 15) is 13.0 Å². The second-order valence-electron chi connectivity index (χ2n) is 6.52. The summed E-state index contributed by atoms with van der Waals surface area (Å²) in [5, 5.41) is 5.49. The summed E-state index contributed by atoms with van der Waals surface area (Å²) in [6.45, 7) is -3.14. The highest BCUT2D eigenvalue weighted by Gasteiger charge is 2.23. The Bertz CT molecular complexity index is 1320. The number of H-pyrrole nitrogens is 1. The summed E-state index contributed by atoms with van der Waals surface area (Å²) in [7, 11) is 2.36. The number of ether oxygens (including phenoxy) is 3. The van der Waals surface area contributed by atoms with E-state index in [1.54, 1.807) is 36.3 Å². The summed E-state index contributed by atoms with van der Waals surface area (Å²) >= 11 is 6.41. The lowest BCUT2D eigenvalue weighted by atomic mass is 10.1. The van der Waals surface area contributed by atoms with E-state index in [2.05, 4.69) is 29.5 Å². The lowest BCUT2D eigenvalue weighted by Gasteiger charge is -2.13. The van der Waals surface area contributed by atoms with E-state index in [0.29, 0.717) is 32.1 Å². The van der Waals surface area contributed by atoms with Gasteiger partial charge in [0.2, 0.25) is 11.7 Å². The Labute approximate surface area is 193 Å². The standard InChI is InChI=1S/C19H17ClF2N6O4S/c1-28-7-6-11(26-28)13-10(20)5-4-9-12(8-23-14(9)13)33(29)27-19-24-16(30-2)15(32-18(21)22)17(25-19)31-3/h4-8,18,23H,1-3H3,(H,24,25,27). The predicted octanol–water partition coefficient (Wildman–Crippen LogP) is 3.77. The number of rotatable bonds is 8. The van der Waals surface area contributed by atoms with Crippen LogP contribution in [0, 0.1) is 0 Å². The molecule has 0 spiro atoms. The molecule has 3 heterocycles. The third-order valence-electron chi connectivity index (χ3n) is 4.52. The van der Waals surface area contributed by atoms with Crippen molar-refractivity contribution in [3.8, 4) is 28.8 Å². The highest BCUT2D eigenvalue weighted by molar-refractivity contribution is 7.86. The van der Waals surface area contributed by atoms with Crippen molar-refractivity contribution < 1.29 is 27.2 Å². The number of nitrogens with zero attached hydrogens (tertiary/aromatic N) is 4. The van der Waals surface area contributed by atoms with Gasteiger partial charge in [0, 0.05) is 30.4 Å². The van der Waals surface area contributed by atoms with Crippen molar-refractivity contribution in [1.82, 2.24) is 24.7 Å². The Hall–Kier alpha value is -3.45. The minimum absolute atomic E-state index is 0.183. The van der Waals surface area contributed by atoms with Crippen molar-refractivity contribution in [2.75, 3.05) is 18.9 Å². The molecule has 10 nitrogen and oxygen atoms in total. The highest BCUT2D eigenvalue weighted by atomic mass is 35.5. The molecule has 14 heteroatoms. The number of methoxy groups -OCH3 is 2. The lowest BCUT2D eigenvalue weighted by Crippen LogP contribution is -2.12. The van der Waals surface area contributed by atoms with Crippen molar-refractivity contribution in [1.29, 1.82) is 0 Å². The van der Waals surface area contributed by atoms with Gasteiger partial charge in [0.05, 0.1) is 35.3 Å². The van der Waals surface area contributed by atoms with Crippen LogP contribution in [0.1, 0.15) is 0 Å². The average Bonchev–Trinajstić information content (AvgIpc) is 3.40. The fourth-order valence-electron chi connectivity index (χ4n) is 3.16. The number of nitrogens with one attached hydrogen (secondary N) is 2. The Morgan fingerprint density at radius 1 is 1.18 bits per heavy atom. The maximum Gasteiger partial charge on any atom is 0.387 e. The van der Waals surface area contributed by atoms with E-state index in [4.69, 9.17) is 21.1 Å². The van der Waals surface area contributed by atoms with Gasteiger partial charge in [0.25, 0.3) is 11.8 Å². The normalized spacial score (nSPS) is 12.2. The number of aromatic amines is 1. The fraction of sp³-hybridized carbons (Fsp3) is 0.211. The molecule has 4 aromatic rings. The summed E-state index contributed by atoms with van der Waals surface area (Å²) in [5.41, 5.74) is 1.95. The molecule has 4 rings (SSSR count). The number of aromatic nitrogens is 5. The maximum atomic E-state index is 13.1. The molecule has 0 saturated heterocycles. The molecule has 0 bridgehead atoms. The van der Waals surface area contributed by atoms with Crippen LogP contribution in [0.15, 0.2) is 35.5 Å². The third kappa shape index (κ3) is 4.41. The van der Waals surface area contributed by atoms with E-state index in [-0.39, 0.29) is 17.7 Å². The van der Waals surface area contributed by atoms with Crippen molar-refractivity contribution in [2.24, 2.45) is 7.05 Å². The van der Waals surface area contributed by atoms with Gasteiger partial charge in [-0.3, -0.25) is 9.40 Å². The zero-order chi connectivity index (χ0) is 23.7. The predicted molar refractivity (Wildman–Crippen MR) is 117 cm³/mol. The van der Waals surface area contributed by atoms with Crippen molar-refractivity contribution in [3.63, 3.8) is 0 Å². The minimum atomic E-state index is -3.14. The molecule has 33 heavy (non-hydrogen) atoms. The largest absolute Gasteiger partial charge is 0.478 e. The smallest absolute Gasteiger partial charge is 0.387 e. The van der Waals surface area contributed by atoms with E-state index < -0.39 is 23.3 Å². The van der Waals surface area contributed by atoms with Gasteiger partial charge < -0.3 is 19.2 Å². The Morgan fingerprint density at radius 2 is 1.88 bits per heavy atom. The first-order valence-corrected chi connectivity index (χ1v) is 10.8. The van der Waals surface area contributed by atoms with Gasteiger partial charge in [-0.2, -0.15) is 23.8 Å². The number of anilines is 1. The molecule has 1 unspecified atom stereocenters. The van der Waals surface area contributed by atoms with Crippen LogP contribution in [0.2, 0.25) is 5.02 Å². The van der Waals surface area contributed by atoms with Crippen LogP contribution in [-0.2, 0) is 18.0 Å². The second kappa shape index (κ2) is 9.19. The van der Waals surface area contributed by atoms with Gasteiger partial charge in [-0.05, 0) is 12.1 Å². The average molecular weight is 499 g/mol. The van der Waals surface area contributed by atoms with Gasteiger partial charge in [-0.1, -0.05) is 17.7 Å². The summed E-state index contributed by atoms with van der Waals surface area (Å²) < 4.78 is 57.2. The quantitative estimate of drug-likeness (QED) is 0.380. The fourth-order valence-corrected chi connectivity index (χ4v) is 4.32. The molecule has 0 saturated carbocycles. The monoisotopic (exact) mass is 498 g/mol. The number of hydrogen-bond acceptors (Lipinski definition) is 7. The van der Waals surface area contributed by atoms with Crippen LogP contribution < -0.4 is 18.9 Å². The Kier molecular flexibility index (Phi) is 6.33. The summed E-state index contributed by atoms with van der Waals surface area (Å²) in [6, 6.07) is 5.21. The Morgan fingerprint density at radius 3 is 2.45 bits per heavy atom. The summed E-state index contributed by atoms with van der Waals surface area (Å²) in [5.74, 6) is -1.29. The first-order chi connectivity index (χ1) is 15.8. The molecule has 0 radical (unpaired) electrons. The SMILES string of the molecule is COc1nc(NS(=O)c2c[nH]c3c(-c4ccn(C)n4)c(Cl)ccc23)nc(OC)c1OC(F)F. The van der Waals surface area contributed by atoms with Crippen molar-refractivity contribution in [3.05, 3.63) is 35.6 Å². The molecule has 3 aromatic heterocycles. The molecule has 0 aliphatic rings. The number of halogens is 3. The molecule has 0 fully saturated rings. The second-order valence-corrected chi connectivity index (χ2v) is 8.11. The van der Waals surface area contributed by atoms with Gasteiger partial charge in [0.15, 0.2) is 11.0 Å². The van der Waals surface area contributed by atoms with Crippen molar-refractivity contribution >= 4 is 39.4 Å². The number of alkyl halides is 2. The number of hydrogen-bond donors (Lipinski definition) is 2. The molecule has 2 N–H and O–H groups in total. The van der Waals surface area contributed by atoms with Gasteiger partial charge in [-0.25, -0.2) is 4.21 Å². The highest BCUT2D eigenvalue weighted by Crippen LogP contribution is 2.38. The molecule has 0 aliphatic heterocycles. The molecule has 0 amide bonds. The molecule has 0 aliphatic carbocycles. The van der Waals surface area contributed by atoms with Gasteiger partial charge in [-0.15, -0.1) is 0 Å². The van der Waals surface area contributed by atoms with E-state index in [0.717, 1.165) is 0 Å². The van der Waals surface area contributed by atoms with Crippen LogP contribution in [-0.4, -0.2) is 49.8 Å². The molecule has 174 valence electrons. The first-order valence-electron chi connectivity index (χ1n) is 9.25. The zero-order valence-electron chi connectivity index (χ0n) is 17.4. The van der Waals surface area contributed by atoms with E-state index in [1.807, 2.05) is 6.07 Å². The molecular formula is C19H17ClF2N6O4S. The van der Waals surface area contributed by atoms with Crippen molar-refractivity contribution in [2.45, 2.75) is 11.5 Å². The van der Waals surface area contributed by atoms with Gasteiger partial charge >= 0.3 is 6.61 Å². The first kappa shape index (κ1) is 22.7. The van der Waals surface area contributed by atoms with E-state index >= 15 is 0 Å². The topological polar surface area (TPSA) is 116 Å². The zero-order valence-corrected chi connectivity index (χ0v) is 19.0. The van der Waals surface area contributed by atoms with Crippen LogP contribution in [0.25, 0.3) is 22.2 Å². The molecule has 1 atom stereocenters. The molecular weight excluding hydrogens is 482 g/mol. The van der Waals surface area contributed by atoms with E-state index in [1.165, 1.54) is 14.2 Å². The number of fused-ring (bicyclic) bond motifs is 1. The van der Waals surface area contributed by atoms with Crippen LogP contribution in [0.3, 0.4) is 0 Å². The summed E-state index contributed by atoms with van der Waals surface area (Å²) in [4.78, 5) is 11.4. The Balaban J connectivity index is 1.70. The maximum absolute atomic E-state index is 13.1. The van der Waals surface area contributed by atoms with Crippen LogP contribution >= 0.6 is 11.6 Å². The summed E-state index contributed by atoms with van der Waals surface area (Å²) in [6.07, 6.45) is 3.34. The molecule has 1 aromatic carbocycles. The van der Waals surface area contributed by atoms with Gasteiger partial charge in [0.1, 0.15) is 0 Å². The third-order valence-corrected chi connectivity index (χ3v) is 5.94. The minimum Gasteiger partial charge on any atom is -0.478 e. The lowest BCUT2D eigenvalue weighted by molar-refractivity contribution is -0.0533.